The number of nitrogens with zero attached hydrogens (tertiary/aromatic N) is 1. The lowest BCUT2D eigenvalue weighted by Crippen LogP contribution is -2.48. The molecule has 0 aliphatic heterocycles. The number of Topliss-reactive ketones (excluding diaryl/α,β-unsaturated/α-hetero) is 1. The number of ketones is 1. The smallest absolute Gasteiger partial charge is 0.231 e. The first-order valence-electron chi connectivity index (χ1n) is 6.25. The third-order valence-corrected chi connectivity index (χ3v) is 3.80. The first-order valence-corrected chi connectivity index (χ1v) is 6.25. The summed E-state index contributed by atoms with van der Waals surface area (Å²) in [6.45, 7) is 0.251. The number of hydrogen-bond donors (Lipinski definition) is 1. The summed E-state index contributed by atoms with van der Waals surface area (Å²) in [7, 11) is 0. The average molecular weight is 224 g/mol. The minimum atomic E-state index is -0.313. The molecule has 1 amide bonds. The van der Waals surface area contributed by atoms with Crippen LogP contribution in [0.1, 0.15) is 44.9 Å². The van der Waals surface area contributed by atoms with Crippen LogP contribution in [0.25, 0.3) is 0 Å². The van der Waals surface area contributed by atoms with Crippen LogP contribution in [-0.2, 0) is 9.59 Å². The van der Waals surface area contributed by atoms with Crippen LogP contribution >= 0.6 is 0 Å². The molecule has 1 unspecified atom stereocenters. The molecule has 0 aromatic carbocycles. The Bertz CT molecular complexity index is 285. The quantitative estimate of drug-likeness (QED) is 0.769. The molecule has 90 valence electrons. The number of amides is 1. The highest BCUT2D eigenvalue weighted by Crippen LogP contribution is 2.29. The summed E-state index contributed by atoms with van der Waals surface area (Å²) in [4.78, 5) is 24.9. The number of carbonyl (C=O) groups is 2. The molecular weight excluding hydrogens is 204 g/mol. The molecular formula is C12H20N2O2. The molecule has 0 heterocycles. The van der Waals surface area contributed by atoms with Crippen molar-refractivity contribution < 1.29 is 9.59 Å². The summed E-state index contributed by atoms with van der Waals surface area (Å²) in [6, 6.07) is 0.371. The molecule has 0 radical (unpaired) electrons. The zero-order chi connectivity index (χ0) is 11.5. The second kappa shape index (κ2) is 4.95. The van der Waals surface area contributed by atoms with E-state index in [4.69, 9.17) is 5.73 Å². The lowest BCUT2D eigenvalue weighted by molar-refractivity contribution is -0.125. The van der Waals surface area contributed by atoms with E-state index < -0.39 is 0 Å². The summed E-state index contributed by atoms with van der Waals surface area (Å²) in [6.07, 6.45) is 7.18. The number of hydrogen-bond acceptors (Lipinski definition) is 3. The Morgan fingerprint density at radius 1 is 1.25 bits per heavy atom. The van der Waals surface area contributed by atoms with Gasteiger partial charge in [-0.15, -0.1) is 0 Å². The molecule has 2 fully saturated rings. The summed E-state index contributed by atoms with van der Waals surface area (Å²) in [5.41, 5.74) is 5.28. The molecule has 0 saturated heterocycles. The van der Waals surface area contributed by atoms with E-state index in [0.717, 1.165) is 25.7 Å². The predicted octanol–water partition coefficient (Wildman–Crippen LogP) is 0.838. The number of rotatable bonds is 4. The summed E-state index contributed by atoms with van der Waals surface area (Å²) >= 11 is 0. The normalized spacial score (nSPS) is 26.8. The Morgan fingerprint density at radius 3 is 2.44 bits per heavy atom. The van der Waals surface area contributed by atoms with Gasteiger partial charge < -0.3 is 5.73 Å². The van der Waals surface area contributed by atoms with E-state index in [2.05, 4.69) is 4.90 Å². The van der Waals surface area contributed by atoms with Crippen molar-refractivity contribution in [2.75, 3.05) is 6.54 Å². The minimum absolute atomic E-state index is 0.0319. The molecule has 2 rings (SSSR count). The first kappa shape index (κ1) is 11.6. The number of nitrogens with two attached hydrogens (primary N) is 1. The van der Waals surface area contributed by atoms with Crippen molar-refractivity contribution in [3.63, 3.8) is 0 Å². The first-order chi connectivity index (χ1) is 7.68. The van der Waals surface area contributed by atoms with Gasteiger partial charge in [-0.1, -0.05) is 12.8 Å². The van der Waals surface area contributed by atoms with E-state index in [9.17, 15) is 9.59 Å². The lowest BCUT2D eigenvalue weighted by atomic mass is 10.1. The predicted molar refractivity (Wildman–Crippen MR) is 60.8 cm³/mol. The Hall–Kier alpha value is -0.900. The Balaban J connectivity index is 2.06. The molecule has 2 saturated carbocycles. The maximum absolute atomic E-state index is 11.8. The summed E-state index contributed by atoms with van der Waals surface area (Å²) < 4.78 is 0. The Labute approximate surface area is 96.2 Å². The molecule has 4 nitrogen and oxygen atoms in total. The molecule has 16 heavy (non-hydrogen) atoms. The van der Waals surface area contributed by atoms with Gasteiger partial charge in [-0.05, 0) is 25.7 Å². The third kappa shape index (κ3) is 2.43. The molecule has 0 bridgehead atoms. The van der Waals surface area contributed by atoms with E-state index in [1.54, 1.807) is 0 Å². The zero-order valence-corrected chi connectivity index (χ0v) is 9.65. The van der Waals surface area contributed by atoms with Gasteiger partial charge in [0.1, 0.15) is 5.78 Å². The van der Waals surface area contributed by atoms with Crippen LogP contribution in [0.5, 0.6) is 0 Å². The minimum Gasteiger partial charge on any atom is -0.369 e. The molecule has 1 atom stereocenters. The van der Waals surface area contributed by atoms with Gasteiger partial charge in [0, 0.05) is 12.5 Å². The van der Waals surface area contributed by atoms with E-state index in [1.807, 2.05) is 0 Å². The monoisotopic (exact) mass is 224 g/mol. The molecule has 4 heteroatoms. The zero-order valence-electron chi connectivity index (χ0n) is 9.65. The largest absolute Gasteiger partial charge is 0.369 e. The van der Waals surface area contributed by atoms with Gasteiger partial charge in [0.15, 0.2) is 0 Å². The highest BCUT2D eigenvalue weighted by molar-refractivity contribution is 5.86. The van der Waals surface area contributed by atoms with Crippen LogP contribution in [0.3, 0.4) is 0 Å². The maximum Gasteiger partial charge on any atom is 0.231 e. The molecule has 2 N–H and O–H groups in total. The summed E-state index contributed by atoms with van der Waals surface area (Å²) in [5.74, 6) is -0.0141. The highest BCUT2D eigenvalue weighted by Gasteiger charge is 2.35. The SMILES string of the molecule is NC(=O)CN(C1CCCC1)C1CCCC1=O. The van der Waals surface area contributed by atoms with Crippen LogP contribution in [0.15, 0.2) is 0 Å². The lowest BCUT2D eigenvalue weighted by Gasteiger charge is -2.32. The van der Waals surface area contributed by atoms with Crippen LogP contribution in [0.4, 0.5) is 0 Å². The maximum atomic E-state index is 11.8. The van der Waals surface area contributed by atoms with E-state index >= 15 is 0 Å². The molecule has 2 aliphatic carbocycles. The van der Waals surface area contributed by atoms with Crippen LogP contribution < -0.4 is 5.73 Å². The highest BCUT2D eigenvalue weighted by atomic mass is 16.1. The van der Waals surface area contributed by atoms with Crippen LogP contribution in [0, 0.1) is 0 Å². The van der Waals surface area contributed by atoms with Crippen molar-refractivity contribution in [1.29, 1.82) is 0 Å². The molecule has 2 aliphatic rings. The van der Waals surface area contributed by atoms with Crippen molar-refractivity contribution in [1.82, 2.24) is 4.90 Å². The van der Waals surface area contributed by atoms with Crippen LogP contribution in [0.2, 0.25) is 0 Å². The molecule has 0 spiro atoms. The van der Waals surface area contributed by atoms with Gasteiger partial charge in [-0.2, -0.15) is 0 Å². The number of carbonyl (C=O) groups excluding carboxylic acids is 2. The average Bonchev–Trinajstić information content (AvgIpc) is 2.84. The fourth-order valence-corrected chi connectivity index (χ4v) is 3.06. The number of primary amides is 1. The Kier molecular flexibility index (Phi) is 3.59. The van der Waals surface area contributed by atoms with Gasteiger partial charge in [0.05, 0.1) is 12.6 Å². The molecule has 0 aromatic rings. The topological polar surface area (TPSA) is 63.4 Å². The van der Waals surface area contributed by atoms with Crippen LogP contribution in [-0.4, -0.2) is 35.2 Å². The van der Waals surface area contributed by atoms with E-state index in [1.165, 1.54) is 12.8 Å². The van der Waals surface area contributed by atoms with Crippen molar-refractivity contribution in [2.24, 2.45) is 5.73 Å². The van der Waals surface area contributed by atoms with Gasteiger partial charge in [-0.3, -0.25) is 14.5 Å². The van der Waals surface area contributed by atoms with Crippen molar-refractivity contribution in [3.8, 4) is 0 Å². The van der Waals surface area contributed by atoms with Crippen molar-refractivity contribution >= 4 is 11.7 Å². The van der Waals surface area contributed by atoms with E-state index in [0.29, 0.717) is 18.2 Å². The van der Waals surface area contributed by atoms with Crippen molar-refractivity contribution in [2.45, 2.75) is 57.0 Å². The second-order valence-electron chi connectivity index (χ2n) is 4.95. The van der Waals surface area contributed by atoms with Crippen molar-refractivity contribution in [3.05, 3.63) is 0 Å². The van der Waals surface area contributed by atoms with Gasteiger partial charge >= 0.3 is 0 Å². The van der Waals surface area contributed by atoms with Gasteiger partial charge in [-0.25, -0.2) is 0 Å². The van der Waals surface area contributed by atoms with Gasteiger partial charge in [0.25, 0.3) is 0 Å². The standard InChI is InChI=1S/C12H20N2O2/c13-12(16)8-14(9-4-1-2-5-9)10-6-3-7-11(10)15/h9-10H,1-8H2,(H2,13,16). The van der Waals surface area contributed by atoms with Gasteiger partial charge in [0.2, 0.25) is 5.91 Å². The Morgan fingerprint density at radius 2 is 1.94 bits per heavy atom. The molecule has 0 aromatic heterocycles. The summed E-state index contributed by atoms with van der Waals surface area (Å²) in [5, 5.41) is 0. The van der Waals surface area contributed by atoms with E-state index in [-0.39, 0.29) is 18.5 Å². The fraction of sp³-hybridized carbons (Fsp3) is 0.833. The fourth-order valence-electron chi connectivity index (χ4n) is 3.06. The third-order valence-electron chi connectivity index (χ3n) is 3.80. The second-order valence-corrected chi connectivity index (χ2v) is 4.95.